The van der Waals surface area contributed by atoms with Crippen LogP contribution in [0.25, 0.3) is 0 Å². The molecule has 0 aromatic carbocycles. The zero-order valence-electron chi connectivity index (χ0n) is 10.0. The number of carbonyl (C=O) groups excluding carboxylic acids is 1. The molecule has 1 fully saturated rings. The SMILES string of the molecule is CNS(=O)(=O)CCNC(=O)N1CC(CC(=O)O)C1. The Hall–Kier alpha value is -1.35. The van der Waals surface area contributed by atoms with Crippen LogP contribution in [0.3, 0.4) is 0 Å². The van der Waals surface area contributed by atoms with Gasteiger partial charge in [0.25, 0.3) is 0 Å². The standard InChI is InChI=1S/C9H17N3O5S/c1-10-18(16,17)3-2-11-9(15)12-5-7(6-12)4-8(13)14/h7,10H,2-6H2,1H3,(H,11,15)(H,13,14). The van der Waals surface area contributed by atoms with Gasteiger partial charge in [-0.05, 0) is 7.05 Å². The molecule has 0 unspecified atom stereocenters. The summed E-state index contributed by atoms with van der Waals surface area (Å²) in [6.07, 6.45) is 0.0535. The second-order valence-corrected chi connectivity index (χ2v) is 6.17. The molecule has 9 heteroatoms. The predicted molar refractivity (Wildman–Crippen MR) is 63.6 cm³/mol. The van der Waals surface area contributed by atoms with Gasteiger partial charge >= 0.3 is 12.0 Å². The van der Waals surface area contributed by atoms with E-state index in [2.05, 4.69) is 10.0 Å². The second-order valence-electron chi connectivity index (χ2n) is 4.12. The number of carbonyl (C=O) groups is 2. The molecule has 0 aromatic heterocycles. The summed E-state index contributed by atoms with van der Waals surface area (Å²) in [6.45, 7) is 0.829. The van der Waals surface area contributed by atoms with Crippen molar-refractivity contribution in [2.24, 2.45) is 5.92 Å². The van der Waals surface area contributed by atoms with Crippen LogP contribution in [-0.4, -0.2) is 62.9 Å². The first-order valence-corrected chi connectivity index (χ1v) is 7.15. The van der Waals surface area contributed by atoms with Crippen LogP contribution in [0.5, 0.6) is 0 Å². The number of likely N-dealkylation sites (tertiary alicyclic amines) is 1. The van der Waals surface area contributed by atoms with E-state index in [-0.39, 0.29) is 30.7 Å². The van der Waals surface area contributed by atoms with E-state index in [4.69, 9.17) is 5.11 Å². The highest BCUT2D eigenvalue weighted by molar-refractivity contribution is 7.89. The molecule has 18 heavy (non-hydrogen) atoms. The molecule has 2 amide bonds. The quantitative estimate of drug-likeness (QED) is 0.556. The number of carboxylic acid groups (broad SMARTS) is 1. The molecule has 0 atom stereocenters. The molecule has 104 valence electrons. The Morgan fingerprint density at radius 3 is 2.50 bits per heavy atom. The van der Waals surface area contributed by atoms with Crippen LogP contribution < -0.4 is 10.0 Å². The van der Waals surface area contributed by atoms with Crippen molar-refractivity contribution in [1.29, 1.82) is 0 Å². The zero-order chi connectivity index (χ0) is 13.8. The fraction of sp³-hybridized carbons (Fsp3) is 0.778. The highest BCUT2D eigenvalue weighted by atomic mass is 32.2. The number of hydrogen-bond donors (Lipinski definition) is 3. The van der Waals surface area contributed by atoms with Crippen molar-refractivity contribution in [3.63, 3.8) is 0 Å². The largest absolute Gasteiger partial charge is 0.481 e. The third-order valence-electron chi connectivity index (χ3n) is 2.67. The minimum absolute atomic E-state index is 0.00529. The first kappa shape index (κ1) is 14.7. The van der Waals surface area contributed by atoms with Crippen molar-refractivity contribution in [2.45, 2.75) is 6.42 Å². The predicted octanol–water partition coefficient (Wildman–Crippen LogP) is -1.35. The molecular weight excluding hydrogens is 262 g/mol. The van der Waals surface area contributed by atoms with Gasteiger partial charge in [-0.3, -0.25) is 4.79 Å². The highest BCUT2D eigenvalue weighted by Crippen LogP contribution is 2.18. The molecule has 1 aliphatic rings. The average molecular weight is 279 g/mol. The topological polar surface area (TPSA) is 116 Å². The Labute approximate surface area is 105 Å². The van der Waals surface area contributed by atoms with Crippen molar-refractivity contribution in [3.8, 4) is 0 Å². The molecule has 0 radical (unpaired) electrons. The lowest BCUT2D eigenvalue weighted by molar-refractivity contribution is -0.139. The molecule has 1 rings (SSSR count). The Morgan fingerprint density at radius 1 is 1.39 bits per heavy atom. The number of amides is 2. The smallest absolute Gasteiger partial charge is 0.317 e. The third-order valence-corrected chi connectivity index (χ3v) is 4.03. The minimum Gasteiger partial charge on any atom is -0.481 e. The van der Waals surface area contributed by atoms with Crippen LogP contribution in [0.1, 0.15) is 6.42 Å². The first-order valence-electron chi connectivity index (χ1n) is 5.50. The fourth-order valence-corrected chi connectivity index (χ4v) is 2.19. The Morgan fingerprint density at radius 2 is 2.00 bits per heavy atom. The Balaban J connectivity index is 2.18. The highest BCUT2D eigenvalue weighted by Gasteiger charge is 2.31. The monoisotopic (exact) mass is 279 g/mol. The molecule has 1 saturated heterocycles. The molecule has 0 aromatic rings. The number of sulfonamides is 1. The molecule has 3 N–H and O–H groups in total. The van der Waals surface area contributed by atoms with Crippen LogP contribution in [0, 0.1) is 5.92 Å². The first-order chi connectivity index (χ1) is 8.34. The lowest BCUT2D eigenvalue weighted by atomic mass is 9.97. The lowest BCUT2D eigenvalue weighted by Crippen LogP contribution is -2.54. The number of aliphatic carboxylic acids is 1. The number of urea groups is 1. The van der Waals surface area contributed by atoms with Crippen LogP contribution in [-0.2, 0) is 14.8 Å². The summed E-state index contributed by atoms with van der Waals surface area (Å²) in [4.78, 5) is 23.3. The fourth-order valence-electron chi connectivity index (χ4n) is 1.62. The van der Waals surface area contributed by atoms with Crippen LogP contribution in [0.4, 0.5) is 4.79 Å². The maximum absolute atomic E-state index is 11.5. The molecule has 1 heterocycles. The number of nitrogens with one attached hydrogen (secondary N) is 2. The van der Waals surface area contributed by atoms with Gasteiger partial charge in [0.15, 0.2) is 0 Å². The van der Waals surface area contributed by atoms with Crippen LogP contribution >= 0.6 is 0 Å². The molecule has 1 aliphatic heterocycles. The molecule has 0 spiro atoms. The van der Waals surface area contributed by atoms with Gasteiger partial charge in [-0.2, -0.15) is 0 Å². The summed E-state index contributed by atoms with van der Waals surface area (Å²) in [5.41, 5.74) is 0. The van der Waals surface area contributed by atoms with E-state index in [1.807, 2.05) is 0 Å². The van der Waals surface area contributed by atoms with E-state index in [0.717, 1.165) is 0 Å². The van der Waals surface area contributed by atoms with Gasteiger partial charge < -0.3 is 15.3 Å². The van der Waals surface area contributed by atoms with Crippen LogP contribution in [0.2, 0.25) is 0 Å². The van der Waals surface area contributed by atoms with E-state index in [1.54, 1.807) is 0 Å². The summed E-state index contributed by atoms with van der Waals surface area (Å²) in [5, 5.41) is 11.0. The zero-order valence-corrected chi connectivity index (χ0v) is 10.9. The summed E-state index contributed by atoms with van der Waals surface area (Å²) < 4.78 is 24.3. The van der Waals surface area contributed by atoms with Gasteiger partial charge in [0.2, 0.25) is 10.0 Å². The Bertz CT molecular complexity index is 416. The van der Waals surface area contributed by atoms with Crippen molar-refractivity contribution in [1.82, 2.24) is 14.9 Å². The third kappa shape index (κ3) is 4.49. The maximum atomic E-state index is 11.5. The summed E-state index contributed by atoms with van der Waals surface area (Å²) in [5.74, 6) is -1.06. The van der Waals surface area contributed by atoms with Gasteiger partial charge in [0, 0.05) is 25.6 Å². The summed E-state index contributed by atoms with van der Waals surface area (Å²) >= 11 is 0. The molecule has 0 saturated carbocycles. The second kappa shape index (κ2) is 6.01. The molecular formula is C9H17N3O5S. The Kier molecular flexibility index (Phi) is 4.91. The number of nitrogens with zero attached hydrogens (tertiary/aromatic N) is 1. The maximum Gasteiger partial charge on any atom is 0.317 e. The molecule has 8 nitrogen and oxygen atoms in total. The number of carboxylic acids is 1. The molecule has 0 aliphatic carbocycles. The van der Waals surface area contributed by atoms with E-state index < -0.39 is 16.0 Å². The van der Waals surface area contributed by atoms with E-state index in [9.17, 15) is 18.0 Å². The van der Waals surface area contributed by atoms with Crippen molar-refractivity contribution < 1.29 is 23.1 Å². The lowest BCUT2D eigenvalue weighted by Gasteiger charge is -2.38. The summed E-state index contributed by atoms with van der Waals surface area (Å²) in [6, 6.07) is -0.358. The van der Waals surface area contributed by atoms with Gasteiger partial charge in [0.05, 0.1) is 12.2 Å². The van der Waals surface area contributed by atoms with Gasteiger partial charge in [-0.25, -0.2) is 17.9 Å². The number of rotatable bonds is 6. The average Bonchev–Trinajstić information content (AvgIpc) is 2.22. The van der Waals surface area contributed by atoms with Gasteiger partial charge in [-0.1, -0.05) is 0 Å². The van der Waals surface area contributed by atoms with Crippen molar-refractivity contribution in [2.75, 3.05) is 32.4 Å². The van der Waals surface area contributed by atoms with Gasteiger partial charge in [-0.15, -0.1) is 0 Å². The van der Waals surface area contributed by atoms with E-state index in [1.165, 1.54) is 11.9 Å². The minimum atomic E-state index is -3.32. The van der Waals surface area contributed by atoms with Crippen LogP contribution in [0.15, 0.2) is 0 Å². The van der Waals surface area contributed by atoms with E-state index in [0.29, 0.717) is 13.1 Å². The number of hydrogen-bond acceptors (Lipinski definition) is 4. The van der Waals surface area contributed by atoms with E-state index >= 15 is 0 Å². The molecule has 0 bridgehead atoms. The van der Waals surface area contributed by atoms with Gasteiger partial charge in [0.1, 0.15) is 0 Å². The normalized spacial score (nSPS) is 16.2. The summed E-state index contributed by atoms with van der Waals surface area (Å²) in [7, 11) is -2.01. The van der Waals surface area contributed by atoms with Crippen molar-refractivity contribution in [3.05, 3.63) is 0 Å². The van der Waals surface area contributed by atoms with Crippen molar-refractivity contribution >= 4 is 22.0 Å².